The van der Waals surface area contributed by atoms with E-state index in [-0.39, 0.29) is 17.3 Å². The van der Waals surface area contributed by atoms with Crippen LogP contribution in [-0.4, -0.2) is 48.4 Å². The normalized spacial score (nSPS) is 16.9. The number of aryl methyl sites for hydroxylation is 1. The number of amides is 1. The molecule has 9 heteroatoms. The summed E-state index contributed by atoms with van der Waals surface area (Å²) in [5, 5.41) is 1.45. The Labute approximate surface area is 124 Å². The van der Waals surface area contributed by atoms with Gasteiger partial charge in [0.05, 0.1) is 38.3 Å². The van der Waals surface area contributed by atoms with Crippen molar-refractivity contribution in [3.8, 4) is 0 Å². The van der Waals surface area contributed by atoms with E-state index in [2.05, 4.69) is 10.4 Å². The van der Waals surface area contributed by atoms with Crippen molar-refractivity contribution in [1.29, 1.82) is 0 Å². The summed E-state index contributed by atoms with van der Waals surface area (Å²) in [4.78, 5) is 16.6. The molecule has 0 atom stereocenters. The highest BCUT2D eigenvalue weighted by Crippen LogP contribution is 2.26. The summed E-state index contributed by atoms with van der Waals surface area (Å²) < 4.78 is 42.3. The molecule has 0 radical (unpaired) electrons. The number of halogens is 3. The Morgan fingerprint density at radius 1 is 1.48 bits per heavy atom. The number of alkyl halides is 3. The third-order valence-electron chi connectivity index (χ3n) is 2.91. The van der Waals surface area contributed by atoms with Gasteiger partial charge in [-0.25, -0.2) is 10.4 Å². The van der Waals surface area contributed by atoms with Crippen molar-refractivity contribution in [2.45, 2.75) is 25.9 Å². The number of nitrogens with zero attached hydrogens (tertiary/aromatic N) is 2. The molecule has 1 aromatic rings. The third kappa shape index (κ3) is 4.94. The van der Waals surface area contributed by atoms with Crippen molar-refractivity contribution >= 4 is 17.2 Å². The molecule has 21 heavy (non-hydrogen) atoms. The summed E-state index contributed by atoms with van der Waals surface area (Å²) in [6.45, 7) is 3.55. The second-order valence-corrected chi connectivity index (χ2v) is 5.82. The molecule has 0 aromatic carbocycles. The van der Waals surface area contributed by atoms with Crippen LogP contribution in [0.15, 0.2) is 0 Å². The van der Waals surface area contributed by atoms with E-state index in [1.807, 2.05) is 0 Å². The van der Waals surface area contributed by atoms with Crippen molar-refractivity contribution in [2.75, 3.05) is 26.3 Å². The Bertz CT molecular complexity index is 496. The number of hydrogen-bond acceptors (Lipinski definition) is 5. The predicted octanol–water partition coefficient (Wildman–Crippen LogP) is 1.46. The summed E-state index contributed by atoms with van der Waals surface area (Å²) in [6.07, 6.45) is -5.29. The molecule has 2 rings (SSSR count). The maximum Gasteiger partial charge on any atom is 0.395 e. The first-order chi connectivity index (χ1) is 9.85. The van der Waals surface area contributed by atoms with Gasteiger partial charge in [-0.1, -0.05) is 0 Å². The van der Waals surface area contributed by atoms with E-state index in [1.165, 1.54) is 5.01 Å². The van der Waals surface area contributed by atoms with Gasteiger partial charge in [-0.2, -0.15) is 13.2 Å². The molecule has 1 fully saturated rings. The second kappa shape index (κ2) is 6.71. The van der Waals surface area contributed by atoms with Gasteiger partial charge in [-0.3, -0.25) is 9.80 Å². The number of carbonyl (C=O) groups excluding carboxylic acids is 1. The van der Waals surface area contributed by atoms with Gasteiger partial charge in [-0.05, 0) is 6.92 Å². The van der Waals surface area contributed by atoms with Crippen LogP contribution in [0.25, 0.3) is 0 Å². The van der Waals surface area contributed by atoms with Gasteiger partial charge >= 0.3 is 6.18 Å². The highest BCUT2D eigenvalue weighted by Gasteiger charge is 2.30. The molecule has 1 amide bonds. The van der Waals surface area contributed by atoms with E-state index in [0.29, 0.717) is 36.9 Å². The van der Waals surface area contributed by atoms with Crippen LogP contribution in [0.5, 0.6) is 0 Å². The Morgan fingerprint density at radius 3 is 2.95 bits per heavy atom. The van der Waals surface area contributed by atoms with E-state index in [1.54, 1.807) is 6.92 Å². The maximum absolute atomic E-state index is 12.3. The average Bonchev–Trinajstić information content (AvgIpc) is 2.60. The van der Waals surface area contributed by atoms with Crippen molar-refractivity contribution in [1.82, 2.24) is 15.4 Å². The van der Waals surface area contributed by atoms with Crippen LogP contribution in [0.3, 0.4) is 0 Å². The van der Waals surface area contributed by atoms with E-state index in [9.17, 15) is 18.0 Å². The number of carbonyl (C=O) groups is 1. The van der Waals surface area contributed by atoms with Crippen LogP contribution in [0.4, 0.5) is 13.2 Å². The number of aromatic nitrogens is 1. The highest BCUT2D eigenvalue weighted by molar-refractivity contribution is 7.11. The van der Waals surface area contributed by atoms with Gasteiger partial charge in [0.1, 0.15) is 5.01 Å². The molecule has 1 aliphatic heterocycles. The number of nitrogens with one attached hydrogen (secondary N) is 1. The van der Waals surface area contributed by atoms with E-state index >= 15 is 0 Å². The average molecular weight is 323 g/mol. The van der Waals surface area contributed by atoms with E-state index in [0.717, 1.165) is 11.3 Å². The number of rotatable bonds is 3. The van der Waals surface area contributed by atoms with Crippen LogP contribution in [-0.2, 0) is 22.4 Å². The van der Waals surface area contributed by atoms with Gasteiger partial charge < -0.3 is 4.74 Å². The lowest BCUT2D eigenvalue weighted by molar-refractivity contribution is -0.133. The Morgan fingerprint density at radius 2 is 2.24 bits per heavy atom. The lowest BCUT2D eigenvalue weighted by atomic mass is 10.3. The molecule has 0 unspecified atom stereocenters. The molecule has 0 saturated carbocycles. The zero-order valence-electron chi connectivity index (χ0n) is 11.5. The third-order valence-corrected chi connectivity index (χ3v) is 4.07. The van der Waals surface area contributed by atoms with Gasteiger partial charge in [-0.15, -0.1) is 11.3 Å². The summed E-state index contributed by atoms with van der Waals surface area (Å²) in [5.74, 6) is -0.189. The monoisotopic (exact) mass is 323 g/mol. The molecule has 0 bridgehead atoms. The predicted molar refractivity (Wildman–Crippen MR) is 70.8 cm³/mol. The molecule has 5 nitrogen and oxygen atoms in total. The SMILES string of the molecule is Cc1nc(CC(F)(F)F)sc1CC(=O)N1CCOCCN1. The van der Waals surface area contributed by atoms with Gasteiger partial charge in [0.2, 0.25) is 5.91 Å². The molecule has 1 aromatic heterocycles. The molecule has 0 aliphatic carbocycles. The molecule has 0 spiro atoms. The summed E-state index contributed by atoms with van der Waals surface area (Å²) >= 11 is 0.946. The van der Waals surface area contributed by atoms with Crippen molar-refractivity contribution in [3.05, 3.63) is 15.6 Å². The van der Waals surface area contributed by atoms with Crippen LogP contribution >= 0.6 is 11.3 Å². The van der Waals surface area contributed by atoms with Gasteiger partial charge in [0.25, 0.3) is 0 Å². The van der Waals surface area contributed by atoms with Crippen LogP contribution in [0.2, 0.25) is 0 Å². The van der Waals surface area contributed by atoms with E-state index in [4.69, 9.17) is 4.74 Å². The van der Waals surface area contributed by atoms with Crippen molar-refractivity contribution < 1.29 is 22.7 Å². The number of ether oxygens (including phenoxy) is 1. The minimum absolute atomic E-state index is 0.00467. The topological polar surface area (TPSA) is 54.5 Å². The minimum atomic E-state index is -4.28. The number of hydrazine groups is 1. The summed E-state index contributed by atoms with van der Waals surface area (Å²) in [7, 11) is 0. The lowest BCUT2D eigenvalue weighted by Gasteiger charge is -2.19. The summed E-state index contributed by atoms with van der Waals surface area (Å²) in [6, 6.07) is 0. The van der Waals surface area contributed by atoms with Gasteiger partial charge in [0.15, 0.2) is 0 Å². The van der Waals surface area contributed by atoms with Crippen LogP contribution in [0.1, 0.15) is 15.6 Å². The first-order valence-corrected chi connectivity index (χ1v) is 7.30. The first-order valence-electron chi connectivity index (χ1n) is 6.49. The zero-order chi connectivity index (χ0) is 15.5. The fourth-order valence-electron chi connectivity index (χ4n) is 1.93. The highest BCUT2D eigenvalue weighted by atomic mass is 32.1. The first kappa shape index (κ1) is 16.2. The van der Waals surface area contributed by atoms with Crippen LogP contribution in [0, 0.1) is 6.92 Å². The molecule has 118 valence electrons. The Hall–Kier alpha value is -1.19. The fourth-order valence-corrected chi connectivity index (χ4v) is 3.03. The second-order valence-electron chi connectivity index (χ2n) is 4.65. The fraction of sp³-hybridized carbons (Fsp3) is 0.667. The Balaban J connectivity index is 2.00. The lowest BCUT2D eigenvalue weighted by Crippen LogP contribution is -2.44. The maximum atomic E-state index is 12.3. The molecular formula is C12H16F3N3O2S. The number of thiazole rings is 1. The molecule has 1 N–H and O–H groups in total. The van der Waals surface area contributed by atoms with Gasteiger partial charge in [0, 0.05) is 11.4 Å². The molecular weight excluding hydrogens is 307 g/mol. The number of hydrogen-bond donors (Lipinski definition) is 1. The van der Waals surface area contributed by atoms with Crippen LogP contribution < -0.4 is 5.43 Å². The van der Waals surface area contributed by atoms with Crippen molar-refractivity contribution in [3.63, 3.8) is 0 Å². The van der Waals surface area contributed by atoms with Crippen molar-refractivity contribution in [2.24, 2.45) is 0 Å². The summed E-state index contributed by atoms with van der Waals surface area (Å²) in [5.41, 5.74) is 3.41. The standard InChI is InChI=1S/C12H16F3N3O2S/c1-8-9(21-10(17-8)7-12(13,14)15)6-11(19)18-3-5-20-4-2-16-18/h16H,2-7H2,1H3. The Kier molecular flexibility index (Phi) is 5.17. The van der Waals surface area contributed by atoms with E-state index < -0.39 is 12.6 Å². The zero-order valence-corrected chi connectivity index (χ0v) is 12.3. The quantitative estimate of drug-likeness (QED) is 0.915. The largest absolute Gasteiger partial charge is 0.395 e. The molecule has 2 heterocycles. The molecule has 1 aliphatic rings. The smallest absolute Gasteiger partial charge is 0.378 e. The minimum Gasteiger partial charge on any atom is -0.378 e. The molecule has 1 saturated heterocycles.